The van der Waals surface area contributed by atoms with Gasteiger partial charge in [-0.1, -0.05) is 15.9 Å². The Kier molecular flexibility index (Phi) is 4.71. The van der Waals surface area contributed by atoms with E-state index in [2.05, 4.69) is 26.2 Å². The zero-order valence-corrected chi connectivity index (χ0v) is 10.7. The van der Waals surface area contributed by atoms with Gasteiger partial charge in [0.15, 0.2) is 0 Å². The minimum absolute atomic E-state index is 0.0118. The highest BCUT2D eigenvalue weighted by Gasteiger charge is 2.07. The van der Waals surface area contributed by atoms with Crippen LogP contribution in [0.1, 0.15) is 10.4 Å². The second kappa shape index (κ2) is 6.05. The minimum atomic E-state index is -0.514. The van der Waals surface area contributed by atoms with Gasteiger partial charge in [-0.3, -0.25) is 4.79 Å². The molecule has 4 N–H and O–H groups in total. The van der Waals surface area contributed by atoms with Crippen LogP contribution >= 0.6 is 15.9 Å². The number of amides is 1. The summed E-state index contributed by atoms with van der Waals surface area (Å²) in [4.78, 5) is 15.3. The Labute approximate surface area is 107 Å². The Morgan fingerprint density at radius 3 is 2.82 bits per heavy atom. The number of phenolic OH excluding ortho intramolecular Hbond substituents is 1. The molecule has 5 nitrogen and oxygen atoms in total. The molecule has 0 fully saturated rings. The van der Waals surface area contributed by atoms with Crippen molar-refractivity contribution in [1.29, 1.82) is 0 Å². The number of nitrogens with two attached hydrogens (primary N) is 1. The second-order valence-electron chi connectivity index (χ2n) is 3.16. The number of nitrogens with zero attached hydrogens (tertiary/aromatic N) is 1. The number of hydrogen-bond donors (Lipinski definition) is 3. The SMILES string of the molecule is CN/C=C\C(N)=NC(=O)c1cc(O)cc(Br)c1. The molecule has 90 valence electrons. The number of benzene rings is 1. The smallest absolute Gasteiger partial charge is 0.279 e. The maximum atomic E-state index is 11.7. The first-order chi connectivity index (χ1) is 8.02. The minimum Gasteiger partial charge on any atom is -0.508 e. The first-order valence-corrected chi connectivity index (χ1v) is 5.54. The van der Waals surface area contributed by atoms with Crippen LogP contribution in [0.2, 0.25) is 0 Å². The predicted molar refractivity (Wildman–Crippen MR) is 70.0 cm³/mol. The van der Waals surface area contributed by atoms with E-state index in [4.69, 9.17) is 5.73 Å². The monoisotopic (exact) mass is 297 g/mol. The van der Waals surface area contributed by atoms with Gasteiger partial charge in [-0.15, -0.1) is 0 Å². The number of aliphatic imine (C=N–C) groups is 1. The molecular weight excluding hydrogens is 286 g/mol. The van der Waals surface area contributed by atoms with Crippen LogP contribution < -0.4 is 11.1 Å². The number of nitrogens with one attached hydrogen (secondary N) is 1. The van der Waals surface area contributed by atoms with Gasteiger partial charge in [0.25, 0.3) is 5.91 Å². The van der Waals surface area contributed by atoms with E-state index in [1.54, 1.807) is 19.3 Å². The van der Waals surface area contributed by atoms with Gasteiger partial charge in [-0.25, -0.2) is 0 Å². The fraction of sp³-hybridized carbons (Fsp3) is 0.0909. The van der Waals surface area contributed by atoms with E-state index in [-0.39, 0.29) is 17.1 Å². The fourth-order valence-electron chi connectivity index (χ4n) is 1.09. The van der Waals surface area contributed by atoms with Crippen molar-refractivity contribution in [1.82, 2.24) is 5.32 Å². The number of halogens is 1. The summed E-state index contributed by atoms with van der Waals surface area (Å²) < 4.78 is 0.598. The van der Waals surface area contributed by atoms with E-state index in [0.29, 0.717) is 4.47 Å². The fourth-order valence-corrected chi connectivity index (χ4v) is 1.57. The molecule has 1 aromatic carbocycles. The number of hydrogen-bond acceptors (Lipinski definition) is 3. The predicted octanol–water partition coefficient (Wildman–Crippen LogP) is 1.39. The molecule has 0 aliphatic carbocycles. The molecule has 1 aromatic rings. The van der Waals surface area contributed by atoms with Crippen LogP contribution in [0.5, 0.6) is 5.75 Å². The molecule has 0 radical (unpaired) electrons. The Morgan fingerprint density at radius 2 is 2.24 bits per heavy atom. The lowest BCUT2D eigenvalue weighted by Crippen LogP contribution is -2.12. The molecule has 0 spiro atoms. The van der Waals surface area contributed by atoms with Crippen molar-refractivity contribution in [3.8, 4) is 5.75 Å². The van der Waals surface area contributed by atoms with Crippen molar-refractivity contribution in [3.05, 3.63) is 40.5 Å². The third-order valence-electron chi connectivity index (χ3n) is 1.78. The average Bonchev–Trinajstić information content (AvgIpc) is 2.25. The van der Waals surface area contributed by atoms with Crippen LogP contribution in [-0.2, 0) is 0 Å². The summed E-state index contributed by atoms with van der Waals surface area (Å²) in [6.07, 6.45) is 3.03. The molecule has 0 aliphatic rings. The van der Waals surface area contributed by atoms with Crippen molar-refractivity contribution < 1.29 is 9.90 Å². The summed E-state index contributed by atoms with van der Waals surface area (Å²) in [7, 11) is 1.71. The maximum absolute atomic E-state index is 11.7. The van der Waals surface area contributed by atoms with Gasteiger partial charge in [-0.05, 0) is 30.5 Å². The molecule has 17 heavy (non-hydrogen) atoms. The standard InChI is InChI=1S/C11H12BrN3O2/c1-14-3-2-10(13)15-11(17)7-4-8(12)6-9(16)5-7/h2-6,14,16H,1H3,(H2,13,15,17)/b3-2-. The summed E-state index contributed by atoms with van der Waals surface area (Å²) in [6.45, 7) is 0. The normalized spacial score (nSPS) is 11.8. The lowest BCUT2D eigenvalue weighted by Gasteiger charge is -1.99. The van der Waals surface area contributed by atoms with Crippen molar-refractivity contribution >= 4 is 27.7 Å². The van der Waals surface area contributed by atoms with Gasteiger partial charge in [0, 0.05) is 17.1 Å². The molecule has 0 unspecified atom stereocenters. The van der Waals surface area contributed by atoms with Crippen molar-refractivity contribution in [2.45, 2.75) is 0 Å². The van der Waals surface area contributed by atoms with Gasteiger partial charge in [0.2, 0.25) is 0 Å². The molecule has 0 bridgehead atoms. The van der Waals surface area contributed by atoms with Crippen LogP contribution in [0.4, 0.5) is 0 Å². The van der Waals surface area contributed by atoms with Gasteiger partial charge >= 0.3 is 0 Å². The average molecular weight is 298 g/mol. The van der Waals surface area contributed by atoms with E-state index in [1.165, 1.54) is 18.2 Å². The largest absolute Gasteiger partial charge is 0.508 e. The van der Waals surface area contributed by atoms with Crippen LogP contribution in [0, 0.1) is 0 Å². The maximum Gasteiger partial charge on any atom is 0.279 e. The summed E-state index contributed by atoms with van der Waals surface area (Å²) >= 11 is 3.17. The van der Waals surface area contributed by atoms with Crippen LogP contribution in [-0.4, -0.2) is 23.9 Å². The van der Waals surface area contributed by atoms with Gasteiger partial charge in [0.1, 0.15) is 11.6 Å². The lowest BCUT2D eigenvalue weighted by molar-refractivity contribution is 0.100. The third-order valence-corrected chi connectivity index (χ3v) is 2.24. The van der Waals surface area contributed by atoms with Crippen LogP contribution in [0.15, 0.2) is 39.9 Å². The van der Waals surface area contributed by atoms with Crippen LogP contribution in [0.3, 0.4) is 0 Å². The topological polar surface area (TPSA) is 87.7 Å². The number of phenols is 1. The van der Waals surface area contributed by atoms with E-state index in [0.717, 1.165) is 0 Å². The highest BCUT2D eigenvalue weighted by molar-refractivity contribution is 9.10. The molecule has 0 atom stereocenters. The van der Waals surface area contributed by atoms with Crippen molar-refractivity contribution in [2.75, 3.05) is 7.05 Å². The molecular formula is C11H12BrN3O2. The van der Waals surface area contributed by atoms with Gasteiger partial charge < -0.3 is 16.2 Å². The number of carbonyl (C=O) groups excluding carboxylic acids is 1. The molecule has 6 heteroatoms. The Morgan fingerprint density at radius 1 is 1.53 bits per heavy atom. The molecule has 0 heterocycles. The number of amidine groups is 1. The van der Waals surface area contributed by atoms with Crippen molar-refractivity contribution in [3.63, 3.8) is 0 Å². The third kappa shape index (κ3) is 4.28. The van der Waals surface area contributed by atoms with Gasteiger partial charge in [-0.2, -0.15) is 4.99 Å². The van der Waals surface area contributed by atoms with E-state index >= 15 is 0 Å². The molecule has 0 aliphatic heterocycles. The molecule has 1 amide bonds. The zero-order chi connectivity index (χ0) is 12.8. The van der Waals surface area contributed by atoms with E-state index < -0.39 is 5.91 Å². The first kappa shape index (κ1) is 13.2. The highest BCUT2D eigenvalue weighted by atomic mass is 79.9. The molecule has 0 saturated carbocycles. The molecule has 0 aromatic heterocycles. The van der Waals surface area contributed by atoms with Crippen molar-refractivity contribution in [2.24, 2.45) is 10.7 Å². The summed E-state index contributed by atoms with van der Waals surface area (Å²) in [5, 5.41) is 12.1. The number of rotatable bonds is 3. The second-order valence-corrected chi connectivity index (χ2v) is 4.08. The summed E-state index contributed by atoms with van der Waals surface area (Å²) in [5.74, 6) is -0.439. The van der Waals surface area contributed by atoms with E-state index in [1.807, 2.05) is 0 Å². The first-order valence-electron chi connectivity index (χ1n) is 4.75. The number of carbonyl (C=O) groups is 1. The van der Waals surface area contributed by atoms with Crippen LogP contribution in [0.25, 0.3) is 0 Å². The Balaban J connectivity index is 2.93. The Bertz CT molecular complexity index is 463. The molecule has 0 saturated heterocycles. The highest BCUT2D eigenvalue weighted by Crippen LogP contribution is 2.20. The molecule has 1 rings (SSSR count). The Hall–Kier alpha value is -1.82. The quantitative estimate of drug-likeness (QED) is 0.581. The summed E-state index contributed by atoms with van der Waals surface area (Å²) in [6, 6.07) is 4.36. The summed E-state index contributed by atoms with van der Waals surface area (Å²) in [5.41, 5.74) is 5.76. The van der Waals surface area contributed by atoms with Gasteiger partial charge in [0.05, 0.1) is 0 Å². The van der Waals surface area contributed by atoms with E-state index in [9.17, 15) is 9.90 Å². The number of aromatic hydroxyl groups is 1. The lowest BCUT2D eigenvalue weighted by atomic mass is 10.2. The zero-order valence-electron chi connectivity index (χ0n) is 9.14.